The minimum absolute atomic E-state index is 0.131. The highest BCUT2D eigenvalue weighted by atomic mass is 32.1. The molecule has 1 aliphatic rings. The molecule has 2 aromatic heterocycles. The zero-order valence-corrected chi connectivity index (χ0v) is 17.9. The highest BCUT2D eigenvalue weighted by Crippen LogP contribution is 2.33. The predicted octanol–water partition coefficient (Wildman–Crippen LogP) is 3.13. The number of carbonyl (C=O) groups excluding carboxylic acids is 1. The van der Waals surface area contributed by atoms with Crippen LogP contribution in [0.15, 0.2) is 46.6 Å². The summed E-state index contributed by atoms with van der Waals surface area (Å²) < 4.78 is 12.1. The average molecular weight is 426 g/mol. The molecule has 0 aliphatic carbocycles. The van der Waals surface area contributed by atoms with Crippen LogP contribution in [0.5, 0.6) is 11.5 Å². The van der Waals surface area contributed by atoms with Gasteiger partial charge >= 0.3 is 0 Å². The molecular weight excluding hydrogens is 402 g/mol. The van der Waals surface area contributed by atoms with Crippen molar-refractivity contribution in [2.24, 2.45) is 0 Å². The van der Waals surface area contributed by atoms with E-state index in [1.54, 1.807) is 43.4 Å². The topological polar surface area (TPSA) is 73.7 Å². The van der Waals surface area contributed by atoms with E-state index in [2.05, 4.69) is 5.10 Å². The Morgan fingerprint density at radius 1 is 1.13 bits per heavy atom. The molecule has 1 amide bonds. The number of fused-ring (bicyclic) bond motifs is 1. The van der Waals surface area contributed by atoms with Crippen molar-refractivity contribution in [2.75, 3.05) is 20.8 Å². The molecule has 156 valence electrons. The van der Waals surface area contributed by atoms with Crippen molar-refractivity contribution in [1.29, 1.82) is 0 Å². The second kappa shape index (κ2) is 8.31. The van der Waals surface area contributed by atoms with Crippen molar-refractivity contribution in [2.45, 2.75) is 25.9 Å². The Kier molecular flexibility index (Phi) is 5.59. The molecule has 30 heavy (non-hydrogen) atoms. The van der Waals surface area contributed by atoms with Crippen molar-refractivity contribution in [3.63, 3.8) is 0 Å². The van der Waals surface area contributed by atoms with Crippen LogP contribution in [0, 0.1) is 0 Å². The molecule has 0 saturated heterocycles. The van der Waals surface area contributed by atoms with Crippen molar-refractivity contribution in [3.05, 3.63) is 63.3 Å². The van der Waals surface area contributed by atoms with Gasteiger partial charge in [0.1, 0.15) is 11.7 Å². The first-order chi connectivity index (χ1) is 14.5. The van der Waals surface area contributed by atoms with Gasteiger partial charge in [0, 0.05) is 19.2 Å². The maximum atomic E-state index is 13.2. The molecule has 0 saturated carbocycles. The number of amides is 1. The Morgan fingerprint density at radius 2 is 1.87 bits per heavy atom. The average Bonchev–Trinajstić information content (AvgIpc) is 3.32. The van der Waals surface area contributed by atoms with E-state index < -0.39 is 6.04 Å². The maximum absolute atomic E-state index is 13.2. The van der Waals surface area contributed by atoms with Crippen LogP contribution in [-0.2, 0) is 17.8 Å². The third-order valence-corrected chi connectivity index (χ3v) is 6.25. The molecule has 1 aromatic carbocycles. The largest absolute Gasteiger partial charge is 0.493 e. The van der Waals surface area contributed by atoms with E-state index in [0.717, 1.165) is 16.0 Å². The Hall–Kier alpha value is -3.13. The molecule has 3 heterocycles. The molecule has 0 N–H and O–H groups in total. The van der Waals surface area contributed by atoms with E-state index in [0.29, 0.717) is 36.7 Å². The number of hydrogen-bond donors (Lipinski definition) is 0. The van der Waals surface area contributed by atoms with E-state index in [1.165, 1.54) is 10.7 Å². The van der Waals surface area contributed by atoms with Crippen LogP contribution in [0.2, 0.25) is 0 Å². The van der Waals surface area contributed by atoms with E-state index in [-0.39, 0.29) is 11.5 Å². The third-order valence-electron chi connectivity index (χ3n) is 5.35. The fraction of sp³-hybridized carbons (Fsp3) is 0.318. The molecule has 0 fully saturated rings. The number of nitrogens with zero attached hydrogens (tertiary/aromatic N) is 3. The lowest BCUT2D eigenvalue weighted by molar-refractivity contribution is -0.135. The van der Waals surface area contributed by atoms with E-state index >= 15 is 0 Å². The summed E-state index contributed by atoms with van der Waals surface area (Å²) in [5, 5.41) is 6.41. The number of hydrogen-bond acceptors (Lipinski definition) is 6. The highest BCUT2D eigenvalue weighted by Gasteiger charge is 2.28. The Bertz CT molecular complexity index is 1120. The number of carbonyl (C=O) groups is 1. The number of ether oxygens (including phenoxy) is 2. The molecule has 0 radical (unpaired) electrons. The summed E-state index contributed by atoms with van der Waals surface area (Å²) in [6, 6.07) is 10.2. The summed E-state index contributed by atoms with van der Waals surface area (Å²) in [4.78, 5) is 28.4. The van der Waals surface area contributed by atoms with Gasteiger partial charge in [0.15, 0.2) is 11.5 Å². The van der Waals surface area contributed by atoms with E-state index in [1.807, 2.05) is 29.6 Å². The first-order valence-electron chi connectivity index (χ1n) is 9.68. The smallest absolute Gasteiger partial charge is 0.267 e. The lowest BCUT2D eigenvalue weighted by atomic mass is 9.98. The van der Waals surface area contributed by atoms with Gasteiger partial charge < -0.3 is 14.4 Å². The number of benzene rings is 1. The summed E-state index contributed by atoms with van der Waals surface area (Å²) in [7, 11) is 3.20. The quantitative estimate of drug-likeness (QED) is 0.628. The highest BCUT2D eigenvalue weighted by molar-refractivity contribution is 7.13. The molecule has 8 heteroatoms. The summed E-state index contributed by atoms with van der Waals surface area (Å²) in [6.45, 7) is 2.75. The second-order valence-electron chi connectivity index (χ2n) is 7.14. The fourth-order valence-electron chi connectivity index (χ4n) is 3.70. The van der Waals surface area contributed by atoms with Crippen LogP contribution in [0.4, 0.5) is 0 Å². The van der Waals surface area contributed by atoms with E-state index in [4.69, 9.17) is 9.47 Å². The van der Waals surface area contributed by atoms with Crippen molar-refractivity contribution in [3.8, 4) is 22.1 Å². The van der Waals surface area contributed by atoms with Gasteiger partial charge in [-0.2, -0.15) is 5.10 Å². The molecule has 7 nitrogen and oxygen atoms in total. The third kappa shape index (κ3) is 3.70. The van der Waals surface area contributed by atoms with Gasteiger partial charge in [-0.1, -0.05) is 6.07 Å². The van der Waals surface area contributed by atoms with Gasteiger partial charge in [0.2, 0.25) is 5.91 Å². The van der Waals surface area contributed by atoms with Crippen LogP contribution < -0.4 is 15.0 Å². The van der Waals surface area contributed by atoms with Crippen molar-refractivity contribution in [1.82, 2.24) is 14.7 Å². The molecule has 1 unspecified atom stereocenters. The number of thiophene rings is 1. The first kappa shape index (κ1) is 20.2. The molecule has 0 bridgehead atoms. The molecule has 1 atom stereocenters. The summed E-state index contributed by atoms with van der Waals surface area (Å²) in [5.41, 5.74) is 2.55. The summed E-state index contributed by atoms with van der Waals surface area (Å²) >= 11 is 1.54. The van der Waals surface area contributed by atoms with Crippen LogP contribution >= 0.6 is 11.3 Å². The van der Waals surface area contributed by atoms with Crippen molar-refractivity contribution < 1.29 is 14.3 Å². The first-order valence-corrected chi connectivity index (χ1v) is 10.6. The maximum Gasteiger partial charge on any atom is 0.267 e. The molecular formula is C22H23N3O4S. The minimum Gasteiger partial charge on any atom is -0.493 e. The number of aromatic nitrogens is 2. The van der Waals surface area contributed by atoms with Gasteiger partial charge in [-0.15, -0.1) is 11.3 Å². The number of rotatable bonds is 5. The molecule has 1 aliphatic heterocycles. The normalized spacial score (nSPS) is 14.2. The fourth-order valence-corrected chi connectivity index (χ4v) is 4.39. The van der Waals surface area contributed by atoms with Gasteiger partial charge in [0.25, 0.3) is 5.56 Å². The lowest BCUT2D eigenvalue weighted by Gasteiger charge is -2.31. The molecule has 4 rings (SSSR count). The monoisotopic (exact) mass is 425 g/mol. The summed E-state index contributed by atoms with van der Waals surface area (Å²) in [5.74, 6) is 1.19. The molecule has 0 spiro atoms. The zero-order chi connectivity index (χ0) is 21.3. The zero-order valence-electron chi connectivity index (χ0n) is 17.1. The van der Waals surface area contributed by atoms with Gasteiger partial charge in [0.05, 0.1) is 19.1 Å². The van der Waals surface area contributed by atoms with Gasteiger partial charge in [-0.3, -0.25) is 9.59 Å². The Morgan fingerprint density at radius 3 is 2.53 bits per heavy atom. The minimum atomic E-state index is -0.695. The standard InChI is InChI=1S/C22H23N3O4S/c1-14(25-21(26)7-6-17(23-25)20-5-4-10-30-20)22(27)24-9-8-15-11-18(28-2)19(29-3)12-16(15)13-24/h4-7,10-12,14H,8-9,13H2,1-3H3. The second-order valence-corrected chi connectivity index (χ2v) is 8.09. The van der Waals surface area contributed by atoms with Gasteiger partial charge in [-0.25, -0.2) is 4.68 Å². The van der Waals surface area contributed by atoms with Crippen LogP contribution in [0.1, 0.15) is 24.1 Å². The van der Waals surface area contributed by atoms with Gasteiger partial charge in [-0.05, 0) is 54.1 Å². The van der Waals surface area contributed by atoms with Crippen LogP contribution in [0.25, 0.3) is 10.6 Å². The lowest BCUT2D eigenvalue weighted by Crippen LogP contribution is -2.42. The van der Waals surface area contributed by atoms with Crippen molar-refractivity contribution >= 4 is 17.2 Å². The number of methoxy groups -OCH3 is 2. The summed E-state index contributed by atoms with van der Waals surface area (Å²) in [6.07, 6.45) is 0.714. The van der Waals surface area contributed by atoms with Crippen LogP contribution in [-0.4, -0.2) is 41.4 Å². The van der Waals surface area contributed by atoms with Crippen LogP contribution in [0.3, 0.4) is 0 Å². The van der Waals surface area contributed by atoms with E-state index in [9.17, 15) is 9.59 Å². The molecule has 3 aromatic rings. The predicted molar refractivity (Wildman–Crippen MR) is 115 cm³/mol. The SMILES string of the molecule is COc1cc2c(cc1OC)CN(C(=O)C(C)n1nc(-c3cccs3)ccc1=O)CC2. The Balaban J connectivity index is 1.58. The Labute approximate surface area is 178 Å².